The number of rotatable bonds is 5. The van der Waals surface area contributed by atoms with Gasteiger partial charge in [-0.2, -0.15) is 5.10 Å². The van der Waals surface area contributed by atoms with Crippen molar-refractivity contribution in [1.29, 1.82) is 0 Å². The van der Waals surface area contributed by atoms with E-state index < -0.39 is 0 Å². The lowest BCUT2D eigenvalue weighted by Gasteiger charge is -2.28. The highest BCUT2D eigenvalue weighted by atomic mass is 35.5. The molecular formula is C16H26ClN3. The number of aryl methyl sites for hydroxylation is 2. The average Bonchev–Trinajstić information content (AvgIpc) is 3.13. The molecule has 0 aromatic carbocycles. The SMILES string of the molecule is CCn1nc(C)c(Cl)c1CNC(C)C1CC2CCC1C2. The van der Waals surface area contributed by atoms with Gasteiger partial charge in [0.25, 0.3) is 0 Å². The fourth-order valence-corrected chi connectivity index (χ4v) is 4.56. The fourth-order valence-electron chi connectivity index (χ4n) is 4.35. The van der Waals surface area contributed by atoms with Gasteiger partial charge in [0, 0.05) is 19.1 Å². The second-order valence-corrected chi connectivity index (χ2v) is 7.05. The van der Waals surface area contributed by atoms with E-state index in [-0.39, 0.29) is 0 Å². The van der Waals surface area contributed by atoms with E-state index in [0.29, 0.717) is 6.04 Å². The van der Waals surface area contributed by atoms with Crippen LogP contribution in [0, 0.1) is 24.7 Å². The summed E-state index contributed by atoms with van der Waals surface area (Å²) in [6.45, 7) is 8.16. The van der Waals surface area contributed by atoms with E-state index in [1.165, 1.54) is 25.7 Å². The van der Waals surface area contributed by atoms with Crippen molar-refractivity contribution >= 4 is 11.6 Å². The van der Waals surface area contributed by atoms with E-state index in [1.54, 1.807) is 0 Å². The van der Waals surface area contributed by atoms with Crippen LogP contribution in [0.5, 0.6) is 0 Å². The first-order chi connectivity index (χ1) is 9.60. The smallest absolute Gasteiger partial charge is 0.0860 e. The summed E-state index contributed by atoms with van der Waals surface area (Å²) in [5.74, 6) is 2.85. The van der Waals surface area contributed by atoms with Crippen molar-refractivity contribution in [3.8, 4) is 0 Å². The molecule has 3 nitrogen and oxygen atoms in total. The highest BCUT2D eigenvalue weighted by molar-refractivity contribution is 6.31. The first-order valence-corrected chi connectivity index (χ1v) is 8.43. The van der Waals surface area contributed by atoms with Crippen LogP contribution < -0.4 is 5.32 Å². The van der Waals surface area contributed by atoms with Crippen LogP contribution >= 0.6 is 11.6 Å². The number of nitrogens with zero attached hydrogens (tertiary/aromatic N) is 2. The molecule has 1 aromatic heterocycles. The first-order valence-electron chi connectivity index (χ1n) is 8.05. The van der Waals surface area contributed by atoms with Crippen molar-refractivity contribution in [2.24, 2.45) is 17.8 Å². The van der Waals surface area contributed by atoms with E-state index in [0.717, 1.165) is 47.3 Å². The third kappa shape index (κ3) is 2.50. The number of fused-ring (bicyclic) bond motifs is 2. The third-order valence-electron chi connectivity index (χ3n) is 5.48. The molecule has 20 heavy (non-hydrogen) atoms. The molecule has 0 radical (unpaired) electrons. The molecule has 2 saturated carbocycles. The predicted octanol–water partition coefficient (Wildman–Crippen LogP) is 3.78. The minimum atomic E-state index is 0.585. The summed E-state index contributed by atoms with van der Waals surface area (Å²) >= 11 is 6.38. The Kier molecular flexibility index (Phi) is 4.09. The molecule has 0 amide bonds. The molecule has 0 spiro atoms. The summed E-state index contributed by atoms with van der Waals surface area (Å²) in [4.78, 5) is 0. The number of halogens is 1. The largest absolute Gasteiger partial charge is 0.308 e. The zero-order valence-electron chi connectivity index (χ0n) is 12.8. The van der Waals surface area contributed by atoms with Crippen molar-refractivity contribution in [3.05, 3.63) is 16.4 Å². The van der Waals surface area contributed by atoms with Crippen molar-refractivity contribution in [2.45, 2.75) is 65.6 Å². The molecule has 2 aliphatic carbocycles. The zero-order chi connectivity index (χ0) is 14.3. The molecule has 0 aliphatic heterocycles. The predicted molar refractivity (Wildman–Crippen MR) is 82.9 cm³/mol. The average molecular weight is 296 g/mol. The Bertz CT molecular complexity index is 482. The molecule has 1 aromatic rings. The molecule has 0 saturated heterocycles. The van der Waals surface area contributed by atoms with Crippen molar-refractivity contribution in [3.63, 3.8) is 0 Å². The second kappa shape index (κ2) is 5.69. The summed E-state index contributed by atoms with van der Waals surface area (Å²) in [6, 6.07) is 0.585. The van der Waals surface area contributed by atoms with E-state index in [1.807, 2.05) is 11.6 Å². The summed E-state index contributed by atoms with van der Waals surface area (Å²) < 4.78 is 2.03. The lowest BCUT2D eigenvalue weighted by molar-refractivity contribution is 0.258. The highest BCUT2D eigenvalue weighted by Crippen LogP contribution is 2.49. The maximum absolute atomic E-state index is 6.38. The van der Waals surface area contributed by atoms with Crippen molar-refractivity contribution < 1.29 is 0 Å². The normalized spacial score (nSPS) is 30.1. The van der Waals surface area contributed by atoms with Crippen LogP contribution in [0.1, 0.15) is 50.9 Å². The number of aromatic nitrogens is 2. The molecule has 4 atom stereocenters. The minimum Gasteiger partial charge on any atom is -0.308 e. The van der Waals surface area contributed by atoms with E-state index in [9.17, 15) is 0 Å². The van der Waals surface area contributed by atoms with Gasteiger partial charge in [0.2, 0.25) is 0 Å². The highest BCUT2D eigenvalue weighted by Gasteiger charge is 2.41. The van der Waals surface area contributed by atoms with Crippen LogP contribution in [-0.4, -0.2) is 15.8 Å². The van der Waals surface area contributed by atoms with Gasteiger partial charge < -0.3 is 5.32 Å². The molecule has 1 N–H and O–H groups in total. The van der Waals surface area contributed by atoms with E-state index in [4.69, 9.17) is 11.6 Å². The topological polar surface area (TPSA) is 29.9 Å². The third-order valence-corrected chi connectivity index (χ3v) is 5.97. The van der Waals surface area contributed by atoms with Crippen LogP contribution in [0.4, 0.5) is 0 Å². The van der Waals surface area contributed by atoms with Crippen molar-refractivity contribution in [1.82, 2.24) is 15.1 Å². The number of nitrogens with one attached hydrogen (secondary N) is 1. The quantitative estimate of drug-likeness (QED) is 0.896. The minimum absolute atomic E-state index is 0.585. The number of hydrogen-bond donors (Lipinski definition) is 1. The summed E-state index contributed by atoms with van der Waals surface area (Å²) in [5, 5.41) is 9.03. The Morgan fingerprint density at radius 3 is 2.80 bits per heavy atom. The molecule has 3 rings (SSSR count). The molecule has 2 fully saturated rings. The van der Waals surface area contributed by atoms with Crippen LogP contribution in [-0.2, 0) is 13.1 Å². The molecule has 112 valence electrons. The zero-order valence-corrected chi connectivity index (χ0v) is 13.6. The Morgan fingerprint density at radius 2 is 2.20 bits per heavy atom. The van der Waals surface area contributed by atoms with Gasteiger partial charge in [-0.15, -0.1) is 0 Å². The maximum Gasteiger partial charge on any atom is 0.0860 e. The Balaban J connectivity index is 1.62. The lowest BCUT2D eigenvalue weighted by atomic mass is 9.84. The van der Waals surface area contributed by atoms with Crippen molar-refractivity contribution in [2.75, 3.05) is 0 Å². The molecule has 4 unspecified atom stereocenters. The molecule has 4 heteroatoms. The molecule has 2 bridgehead atoms. The van der Waals surface area contributed by atoms with Gasteiger partial charge in [-0.3, -0.25) is 4.68 Å². The Hall–Kier alpha value is -0.540. The van der Waals surface area contributed by atoms with Gasteiger partial charge in [0.1, 0.15) is 0 Å². The van der Waals surface area contributed by atoms with Gasteiger partial charge in [-0.1, -0.05) is 18.0 Å². The Labute approximate surface area is 127 Å². The number of hydrogen-bond acceptors (Lipinski definition) is 2. The standard InChI is InChI=1S/C16H26ClN3/c1-4-20-15(16(17)11(3)19-20)9-18-10(2)14-8-12-5-6-13(14)7-12/h10,12-14,18H,4-9H2,1-3H3. The summed E-state index contributed by atoms with van der Waals surface area (Å²) in [7, 11) is 0. The summed E-state index contributed by atoms with van der Waals surface area (Å²) in [6.07, 6.45) is 5.83. The fraction of sp³-hybridized carbons (Fsp3) is 0.812. The maximum atomic E-state index is 6.38. The second-order valence-electron chi connectivity index (χ2n) is 6.67. The van der Waals surface area contributed by atoms with Gasteiger partial charge in [0.05, 0.1) is 16.4 Å². The van der Waals surface area contributed by atoms with Gasteiger partial charge in [0.15, 0.2) is 0 Å². The van der Waals surface area contributed by atoms with Crippen LogP contribution in [0.15, 0.2) is 0 Å². The van der Waals surface area contributed by atoms with E-state index >= 15 is 0 Å². The monoisotopic (exact) mass is 295 g/mol. The molecule has 1 heterocycles. The van der Waals surface area contributed by atoms with Gasteiger partial charge in [-0.05, 0) is 57.8 Å². The van der Waals surface area contributed by atoms with Crippen LogP contribution in [0.3, 0.4) is 0 Å². The Morgan fingerprint density at radius 1 is 1.40 bits per heavy atom. The summed E-state index contributed by atoms with van der Waals surface area (Å²) in [5.41, 5.74) is 2.08. The van der Waals surface area contributed by atoms with Crippen LogP contribution in [0.2, 0.25) is 5.02 Å². The molecular weight excluding hydrogens is 270 g/mol. The first kappa shape index (κ1) is 14.4. The van der Waals surface area contributed by atoms with Gasteiger partial charge >= 0.3 is 0 Å². The molecule has 2 aliphatic rings. The van der Waals surface area contributed by atoms with Gasteiger partial charge in [-0.25, -0.2) is 0 Å². The van der Waals surface area contributed by atoms with E-state index in [2.05, 4.69) is 24.3 Å². The lowest BCUT2D eigenvalue weighted by Crippen LogP contribution is -2.36. The van der Waals surface area contributed by atoms with Crippen LogP contribution in [0.25, 0.3) is 0 Å².